The molecule has 1 aliphatic rings. The topological polar surface area (TPSA) is 20.2 Å². The first-order chi connectivity index (χ1) is 6.59. The van der Waals surface area contributed by atoms with Crippen LogP contribution in [-0.4, -0.2) is 11.2 Å². The molecular weight excluding hydrogens is 186 g/mol. The molecule has 3 heteroatoms. The average molecular weight is 198 g/mol. The molecule has 0 amide bonds. The fourth-order valence-corrected chi connectivity index (χ4v) is 1.90. The van der Waals surface area contributed by atoms with Gasteiger partial charge >= 0.3 is 0 Å². The van der Waals surface area contributed by atoms with Crippen molar-refractivity contribution in [3.8, 4) is 0 Å². The van der Waals surface area contributed by atoms with E-state index in [2.05, 4.69) is 0 Å². The lowest BCUT2D eigenvalue weighted by Gasteiger charge is -2.04. The highest BCUT2D eigenvalue weighted by Crippen LogP contribution is 2.50. The van der Waals surface area contributed by atoms with Crippen molar-refractivity contribution >= 4 is 0 Å². The van der Waals surface area contributed by atoms with Crippen LogP contribution in [0.25, 0.3) is 0 Å². The molecule has 1 fully saturated rings. The van der Waals surface area contributed by atoms with Crippen LogP contribution < -0.4 is 0 Å². The summed E-state index contributed by atoms with van der Waals surface area (Å²) >= 11 is 0. The Morgan fingerprint density at radius 1 is 1.43 bits per heavy atom. The second-order valence-corrected chi connectivity index (χ2v) is 3.91. The van der Waals surface area contributed by atoms with Crippen molar-refractivity contribution in [2.24, 2.45) is 5.92 Å². The third-order valence-electron chi connectivity index (χ3n) is 2.82. The first-order valence-electron chi connectivity index (χ1n) is 4.72. The van der Waals surface area contributed by atoms with Crippen LogP contribution in [0.15, 0.2) is 18.2 Å². The zero-order chi connectivity index (χ0) is 10.3. The van der Waals surface area contributed by atoms with Crippen molar-refractivity contribution in [1.82, 2.24) is 0 Å². The van der Waals surface area contributed by atoms with E-state index in [-0.39, 0.29) is 17.7 Å². The molecule has 0 unspecified atom stereocenters. The second kappa shape index (κ2) is 3.31. The fourth-order valence-electron chi connectivity index (χ4n) is 1.90. The Balaban J connectivity index is 2.22. The van der Waals surface area contributed by atoms with Crippen LogP contribution in [0.2, 0.25) is 0 Å². The van der Waals surface area contributed by atoms with Crippen molar-refractivity contribution in [3.05, 3.63) is 35.4 Å². The number of hydrogen-bond acceptors (Lipinski definition) is 1. The number of halogens is 2. The van der Waals surface area contributed by atoms with Gasteiger partial charge < -0.3 is 5.11 Å². The van der Waals surface area contributed by atoms with Gasteiger partial charge in [-0.3, -0.25) is 0 Å². The van der Waals surface area contributed by atoms with Gasteiger partial charge in [-0.05, 0) is 48.9 Å². The van der Waals surface area contributed by atoms with E-state index in [1.165, 1.54) is 6.07 Å². The summed E-state index contributed by atoms with van der Waals surface area (Å²) in [5.74, 6) is -0.714. The summed E-state index contributed by atoms with van der Waals surface area (Å²) in [6, 6.07) is 3.48. The highest BCUT2D eigenvalue weighted by molar-refractivity contribution is 5.28. The van der Waals surface area contributed by atoms with Gasteiger partial charge in [0.25, 0.3) is 0 Å². The molecule has 1 aromatic rings. The molecule has 1 aromatic carbocycles. The van der Waals surface area contributed by atoms with E-state index >= 15 is 0 Å². The molecule has 0 aromatic heterocycles. The van der Waals surface area contributed by atoms with Crippen LogP contribution >= 0.6 is 0 Å². The molecule has 0 spiro atoms. The van der Waals surface area contributed by atoms with Gasteiger partial charge in [0, 0.05) is 0 Å². The normalized spacial score (nSPS) is 27.4. The number of benzene rings is 1. The highest BCUT2D eigenvalue weighted by Gasteiger charge is 2.42. The summed E-state index contributed by atoms with van der Waals surface area (Å²) in [6.07, 6.45) is 0.306. The molecule has 3 atom stereocenters. The lowest BCUT2D eigenvalue weighted by Crippen LogP contribution is -2.04. The van der Waals surface area contributed by atoms with Crippen LogP contribution in [0.3, 0.4) is 0 Å². The minimum Gasteiger partial charge on any atom is -0.393 e. The van der Waals surface area contributed by atoms with Gasteiger partial charge in [0.05, 0.1) is 6.10 Å². The third kappa shape index (κ3) is 1.64. The van der Waals surface area contributed by atoms with Gasteiger partial charge in [-0.2, -0.15) is 0 Å². The van der Waals surface area contributed by atoms with Crippen molar-refractivity contribution in [2.75, 3.05) is 0 Å². The molecule has 1 saturated carbocycles. The number of rotatable bonds is 2. The molecule has 0 heterocycles. The molecule has 2 rings (SSSR count). The minimum absolute atomic E-state index is 0.00861. The lowest BCUT2D eigenvalue weighted by atomic mass is 10.1. The molecule has 0 bridgehead atoms. The van der Waals surface area contributed by atoms with E-state index in [0.717, 1.165) is 18.6 Å². The highest BCUT2D eigenvalue weighted by atomic mass is 19.1. The maximum atomic E-state index is 13.2. The van der Waals surface area contributed by atoms with Crippen molar-refractivity contribution in [3.63, 3.8) is 0 Å². The predicted octanol–water partition coefficient (Wildman–Crippen LogP) is 2.45. The van der Waals surface area contributed by atoms with Gasteiger partial charge in [0.2, 0.25) is 0 Å². The largest absolute Gasteiger partial charge is 0.393 e. The van der Waals surface area contributed by atoms with Crippen LogP contribution in [-0.2, 0) is 0 Å². The number of aliphatic hydroxyl groups is 1. The monoisotopic (exact) mass is 198 g/mol. The molecule has 1 aliphatic carbocycles. The second-order valence-electron chi connectivity index (χ2n) is 3.91. The maximum Gasteiger partial charge on any atom is 0.126 e. The summed E-state index contributed by atoms with van der Waals surface area (Å²) in [5, 5.41) is 9.27. The first-order valence-corrected chi connectivity index (χ1v) is 4.72. The van der Waals surface area contributed by atoms with E-state index in [4.69, 9.17) is 0 Å². The molecule has 1 N–H and O–H groups in total. The molecule has 0 radical (unpaired) electrons. The summed E-state index contributed by atoms with van der Waals surface area (Å²) < 4.78 is 26.1. The van der Waals surface area contributed by atoms with Crippen LogP contribution in [0.4, 0.5) is 8.78 Å². The Bertz CT molecular complexity index is 349. The molecule has 1 nitrogen and oxygen atoms in total. The van der Waals surface area contributed by atoms with Gasteiger partial charge in [-0.15, -0.1) is 0 Å². The number of hydrogen-bond donors (Lipinski definition) is 1. The molecule has 76 valence electrons. The smallest absolute Gasteiger partial charge is 0.126 e. The van der Waals surface area contributed by atoms with Gasteiger partial charge in [-0.1, -0.05) is 0 Å². The fraction of sp³-hybridized carbons (Fsp3) is 0.455. The van der Waals surface area contributed by atoms with Gasteiger partial charge in [0.1, 0.15) is 11.6 Å². The Morgan fingerprint density at radius 3 is 2.71 bits per heavy atom. The van der Waals surface area contributed by atoms with E-state index in [1.54, 1.807) is 6.92 Å². The number of aliphatic hydroxyl groups excluding tert-OH is 1. The first kappa shape index (κ1) is 9.59. The summed E-state index contributed by atoms with van der Waals surface area (Å²) in [4.78, 5) is 0. The average Bonchev–Trinajstić information content (AvgIpc) is 2.88. The van der Waals surface area contributed by atoms with E-state index < -0.39 is 11.9 Å². The van der Waals surface area contributed by atoms with Crippen LogP contribution in [0.1, 0.15) is 24.8 Å². The molecule has 14 heavy (non-hydrogen) atoms. The van der Waals surface area contributed by atoms with E-state index in [9.17, 15) is 13.9 Å². The maximum absolute atomic E-state index is 13.2. The standard InChI is InChI=1S/C11H12F2O/c1-6(14)8-5-9(8)10-4-7(12)2-3-11(10)13/h2-4,6,8-9,14H,5H2,1H3/t6-,8-,9+/m0/s1. The minimum atomic E-state index is -0.442. The van der Waals surface area contributed by atoms with Crippen LogP contribution in [0.5, 0.6) is 0 Å². The molecule has 0 aliphatic heterocycles. The van der Waals surface area contributed by atoms with E-state index in [0.29, 0.717) is 5.56 Å². The third-order valence-corrected chi connectivity index (χ3v) is 2.82. The summed E-state index contributed by atoms with van der Waals surface area (Å²) in [5.41, 5.74) is 0.399. The Labute approximate surface area is 81.4 Å². The van der Waals surface area contributed by atoms with Crippen molar-refractivity contribution in [2.45, 2.75) is 25.4 Å². The van der Waals surface area contributed by atoms with Crippen molar-refractivity contribution in [1.29, 1.82) is 0 Å². The Hall–Kier alpha value is -0.960. The lowest BCUT2D eigenvalue weighted by molar-refractivity contribution is 0.168. The Morgan fingerprint density at radius 2 is 2.14 bits per heavy atom. The molecular formula is C11H12F2O. The van der Waals surface area contributed by atoms with Crippen molar-refractivity contribution < 1.29 is 13.9 Å². The quantitative estimate of drug-likeness (QED) is 0.773. The SMILES string of the molecule is C[C@H](O)[C@@H]1C[C@H]1c1cc(F)ccc1F. The zero-order valence-electron chi connectivity index (χ0n) is 7.87. The Kier molecular flexibility index (Phi) is 2.27. The molecule has 0 saturated heterocycles. The predicted molar refractivity (Wildman–Crippen MR) is 48.9 cm³/mol. The summed E-state index contributed by atoms with van der Waals surface area (Å²) in [6.45, 7) is 1.68. The summed E-state index contributed by atoms with van der Waals surface area (Å²) in [7, 11) is 0. The van der Waals surface area contributed by atoms with E-state index in [1.807, 2.05) is 0 Å². The van der Waals surface area contributed by atoms with Crippen LogP contribution in [0, 0.1) is 17.6 Å². The van der Waals surface area contributed by atoms with Gasteiger partial charge in [0.15, 0.2) is 0 Å². The van der Waals surface area contributed by atoms with Gasteiger partial charge in [-0.25, -0.2) is 8.78 Å². The zero-order valence-corrected chi connectivity index (χ0v) is 7.87.